The van der Waals surface area contributed by atoms with E-state index in [9.17, 15) is 15.2 Å². The van der Waals surface area contributed by atoms with Gasteiger partial charge in [0, 0.05) is 71.0 Å². The molecule has 5 N–H and O–H groups in total. The number of para-hydroxylation sites is 6. The van der Waals surface area contributed by atoms with Crippen molar-refractivity contribution in [3.63, 3.8) is 0 Å². The third kappa shape index (κ3) is 14.3. The van der Waals surface area contributed by atoms with Gasteiger partial charge in [0.1, 0.15) is 0 Å². The SMILES string of the molecule is CC(C)(O)c1ccccc1Nc1ccc(Cl)cc1.CC1(C)c2ccccc2N(c2ccccc2)c2ccc(-c3ccc4c(c3)C3(c5ccccc5-c5ccccc53)c3ccccc3-4)cc21.CC1(C)c2ccccc2N(c2ccccc2)c2ccc(Cl)cc21.CC1(C)c2ccccc2Nc2ccc(Cl)cc21.OB(O)c1ccc2c(c1)C1(c3ccccc3-c3ccccc31)c1ccccc1-2. The van der Waals surface area contributed by atoms with E-state index in [1.54, 1.807) is 13.8 Å². The minimum absolute atomic E-state index is 0.0118. The van der Waals surface area contributed by atoms with Gasteiger partial charge < -0.3 is 35.6 Å². The molecule has 0 aromatic heterocycles. The lowest BCUT2D eigenvalue weighted by atomic mass is 9.68. The van der Waals surface area contributed by atoms with Gasteiger partial charge in [-0.25, -0.2) is 0 Å². The second kappa shape index (κ2) is 33.7. The van der Waals surface area contributed by atoms with Gasteiger partial charge in [-0.15, -0.1) is 0 Å². The Kier molecular flexibility index (Phi) is 21.7. The Balaban J connectivity index is 0.000000106. The highest BCUT2D eigenvalue weighted by molar-refractivity contribution is 6.58. The van der Waals surface area contributed by atoms with Crippen molar-refractivity contribution < 1.29 is 15.2 Å². The molecule has 2 spiro atoms. The molecule has 3 heterocycles. The maximum atomic E-state index is 10.1. The molecule has 133 heavy (non-hydrogen) atoms. The van der Waals surface area contributed by atoms with Crippen LogP contribution in [0.25, 0.3) is 55.6 Å². The lowest BCUT2D eigenvalue weighted by Gasteiger charge is -2.42. The topological polar surface area (TPSA) is 91.2 Å². The molecule has 0 unspecified atom stereocenters. The molecule has 0 radical (unpaired) electrons. The molecular weight excluding hydrogens is 1690 g/mol. The van der Waals surface area contributed by atoms with Gasteiger partial charge in [-0.2, -0.15) is 0 Å². The van der Waals surface area contributed by atoms with Gasteiger partial charge in [0.25, 0.3) is 0 Å². The van der Waals surface area contributed by atoms with E-state index in [4.69, 9.17) is 34.8 Å². The zero-order chi connectivity index (χ0) is 91.5. The summed E-state index contributed by atoms with van der Waals surface area (Å²) in [5, 5.41) is 38.9. The van der Waals surface area contributed by atoms with Crippen molar-refractivity contribution in [2.75, 3.05) is 20.4 Å². The Hall–Kier alpha value is -14.0. The first-order valence-electron chi connectivity index (χ1n) is 45.5. The lowest BCUT2D eigenvalue weighted by Crippen LogP contribution is -2.32. The van der Waals surface area contributed by atoms with E-state index in [0.717, 1.165) is 43.8 Å². The second-order valence-corrected chi connectivity index (χ2v) is 38.8. The Morgan fingerprint density at radius 1 is 0.278 bits per heavy atom. The first kappa shape index (κ1) is 85.7. The highest BCUT2D eigenvalue weighted by Crippen LogP contribution is 2.66. The monoisotopic (exact) mass is 1780 g/mol. The molecule has 648 valence electrons. The molecule has 0 fully saturated rings. The average Bonchev–Trinajstić information content (AvgIpc) is 1.51. The highest BCUT2D eigenvalue weighted by atomic mass is 35.5. The smallest absolute Gasteiger partial charge is 0.423 e. The van der Waals surface area contributed by atoms with Crippen molar-refractivity contribution in [2.45, 2.75) is 88.1 Å². The van der Waals surface area contributed by atoms with Crippen LogP contribution in [0.4, 0.5) is 56.9 Å². The van der Waals surface area contributed by atoms with Crippen LogP contribution in [0.3, 0.4) is 0 Å². The predicted octanol–water partition coefficient (Wildman–Crippen LogP) is 31.0. The zero-order valence-electron chi connectivity index (χ0n) is 75.3. The molecule has 7 nitrogen and oxygen atoms in total. The summed E-state index contributed by atoms with van der Waals surface area (Å²) in [5.74, 6) is 0. The minimum atomic E-state index is -1.49. The van der Waals surface area contributed by atoms with Crippen molar-refractivity contribution in [2.24, 2.45) is 0 Å². The van der Waals surface area contributed by atoms with E-state index >= 15 is 0 Å². The number of rotatable bonds is 7. The van der Waals surface area contributed by atoms with Gasteiger partial charge in [0.05, 0.1) is 39.2 Å². The summed E-state index contributed by atoms with van der Waals surface area (Å²) in [6.45, 7) is 17.3. The minimum Gasteiger partial charge on any atom is -0.423 e. The first-order valence-corrected chi connectivity index (χ1v) is 46.7. The molecule has 7 aliphatic rings. The number of hydrogen-bond acceptors (Lipinski definition) is 7. The van der Waals surface area contributed by atoms with E-state index in [1.165, 1.54) is 162 Å². The molecule has 0 saturated heterocycles. The lowest BCUT2D eigenvalue weighted by molar-refractivity contribution is 0.0793. The summed E-state index contributed by atoms with van der Waals surface area (Å²) in [4.78, 5) is 4.76. The molecule has 18 aromatic rings. The van der Waals surface area contributed by atoms with E-state index in [-0.39, 0.29) is 21.7 Å². The number of hydrogen-bond donors (Lipinski definition) is 5. The Bertz CT molecular complexity index is 7460. The molecule has 0 saturated carbocycles. The maximum absolute atomic E-state index is 10.1. The number of halogens is 3. The molecule has 0 atom stereocenters. The molecule has 4 aliphatic carbocycles. The van der Waals surface area contributed by atoms with Crippen molar-refractivity contribution in [1.29, 1.82) is 0 Å². The fraction of sp³-hybridized carbons (Fsp3) is 0.115. The van der Waals surface area contributed by atoms with Crippen LogP contribution in [-0.4, -0.2) is 22.3 Å². The summed E-state index contributed by atoms with van der Waals surface area (Å²) >= 11 is 18.3. The Labute approximate surface area is 794 Å². The molecule has 11 heteroatoms. The first-order chi connectivity index (χ1) is 64.4. The summed E-state index contributed by atoms with van der Waals surface area (Å²) in [6, 6.07) is 148. The quantitative estimate of drug-likeness (QED) is 0.102. The van der Waals surface area contributed by atoms with Crippen LogP contribution in [0.5, 0.6) is 0 Å². The van der Waals surface area contributed by atoms with Crippen LogP contribution in [-0.2, 0) is 32.7 Å². The van der Waals surface area contributed by atoms with Gasteiger partial charge in [-0.05, 0) is 280 Å². The van der Waals surface area contributed by atoms with Crippen LogP contribution in [0.15, 0.2) is 419 Å². The fourth-order valence-electron chi connectivity index (χ4n) is 22.2. The van der Waals surface area contributed by atoms with Gasteiger partial charge in [-0.3, -0.25) is 0 Å². The largest absolute Gasteiger partial charge is 0.488 e. The van der Waals surface area contributed by atoms with Crippen molar-refractivity contribution in [1.82, 2.24) is 0 Å². The van der Waals surface area contributed by atoms with Crippen LogP contribution in [0.2, 0.25) is 15.1 Å². The maximum Gasteiger partial charge on any atom is 0.488 e. The molecule has 25 rings (SSSR count). The third-order valence-electron chi connectivity index (χ3n) is 28.3. The van der Waals surface area contributed by atoms with E-state index in [2.05, 4.69) is 396 Å². The van der Waals surface area contributed by atoms with Crippen LogP contribution in [0, 0.1) is 0 Å². The Morgan fingerprint density at radius 2 is 0.602 bits per heavy atom. The molecule has 0 amide bonds. The Morgan fingerprint density at radius 3 is 1.07 bits per heavy atom. The van der Waals surface area contributed by atoms with Gasteiger partial charge in [0.15, 0.2) is 0 Å². The summed E-state index contributed by atoms with van der Waals surface area (Å²) in [7, 11) is -1.49. The zero-order valence-corrected chi connectivity index (χ0v) is 77.6. The summed E-state index contributed by atoms with van der Waals surface area (Å²) in [6.07, 6.45) is 0. The summed E-state index contributed by atoms with van der Waals surface area (Å²) in [5.41, 5.74) is 41.9. The van der Waals surface area contributed by atoms with Crippen molar-refractivity contribution in [3.8, 4) is 55.6 Å². The van der Waals surface area contributed by atoms with Gasteiger partial charge in [-0.1, -0.05) is 368 Å². The van der Waals surface area contributed by atoms with Crippen molar-refractivity contribution >= 4 is 104 Å². The molecular formula is C122H98BCl3N4O3. The number of nitrogens with one attached hydrogen (secondary N) is 2. The second-order valence-electron chi connectivity index (χ2n) is 37.5. The van der Waals surface area contributed by atoms with Crippen LogP contribution in [0.1, 0.15) is 139 Å². The fourth-order valence-corrected chi connectivity index (χ4v) is 22.7. The van der Waals surface area contributed by atoms with E-state index in [0.29, 0.717) is 10.5 Å². The number of fused-ring (bicyclic) bond motifs is 26. The van der Waals surface area contributed by atoms with Gasteiger partial charge >= 0.3 is 7.12 Å². The van der Waals surface area contributed by atoms with Gasteiger partial charge in [0.2, 0.25) is 0 Å². The predicted molar refractivity (Wildman–Crippen MR) is 556 cm³/mol. The van der Waals surface area contributed by atoms with E-state index in [1.807, 2.05) is 84.9 Å². The summed E-state index contributed by atoms with van der Waals surface area (Å²) < 4.78 is 0. The number of benzene rings is 18. The molecule has 18 aromatic carbocycles. The van der Waals surface area contributed by atoms with Crippen molar-refractivity contribution in [3.05, 3.63) is 517 Å². The van der Waals surface area contributed by atoms with E-state index < -0.39 is 18.1 Å². The van der Waals surface area contributed by atoms with Crippen LogP contribution >= 0.6 is 34.8 Å². The third-order valence-corrected chi connectivity index (χ3v) is 29.1. The van der Waals surface area contributed by atoms with Crippen LogP contribution < -0.4 is 25.9 Å². The molecule has 0 bridgehead atoms. The normalized spacial score (nSPS) is 14.6. The number of nitrogens with zero attached hydrogens (tertiary/aromatic N) is 2. The average molecular weight is 1790 g/mol. The highest BCUT2D eigenvalue weighted by Gasteiger charge is 2.54. The number of aliphatic hydroxyl groups is 1. The molecule has 3 aliphatic heterocycles. The standard InChI is InChI=1S/C46H33N.C25H17BO2.C21H18ClN.C15H16ClNO.C15H14ClN/c1-45(2)40-22-12-13-23-43(40)47(32-14-4-3-5-15-32)44-27-25-31(29-42(44)45)30-24-26-36-35-18-8-11-21-39(35)46(41(36)28-30)37-19-9-6-16-33(37)34-17-7-10-20-38(34)46;27-26(28)16-13-14-20-19-9-3-6-12-23(19)25(24(20)15-16)21-10-4-1-7-17(21)18-8-2-5-11-22(18)25;1-21(2)17-10-6-7-11-19(17)23(16-8-4-3-5-9-16)20-13-12-15(22)14-18(20)21;1-15(2,18)13-5-3-4-6-14(13)17-12-9-7-11(16)8-10-12;1-15(2)11-5-3-4-6-13(11)17-14-8-7-10(16)9-12(14)15/h3-29H,1-2H3;1-15,27-28H;3-14H,1-2H3;3-10,17-18H,1-2H3;3-9,17H,1-2H3. The number of anilines is 10.